The molecule has 0 spiro atoms. The van der Waals surface area contributed by atoms with Gasteiger partial charge in [0.15, 0.2) is 0 Å². The van der Waals surface area contributed by atoms with Crippen molar-refractivity contribution in [2.75, 3.05) is 6.54 Å². The molecule has 0 radical (unpaired) electrons. The van der Waals surface area contributed by atoms with E-state index in [0.29, 0.717) is 24.3 Å². The van der Waals surface area contributed by atoms with Gasteiger partial charge in [-0.15, -0.1) is 10.2 Å². The van der Waals surface area contributed by atoms with Crippen LogP contribution in [-0.4, -0.2) is 82.3 Å². The van der Waals surface area contributed by atoms with Crippen LogP contribution in [-0.2, 0) is 11.2 Å². The third kappa shape index (κ3) is 6.88. The molecule has 3 N–H and O–H groups in total. The highest BCUT2D eigenvalue weighted by atomic mass is 19.4. The third-order valence-electron chi connectivity index (χ3n) is 7.68. The minimum absolute atomic E-state index is 0.0261. The van der Waals surface area contributed by atoms with Crippen molar-refractivity contribution in [2.24, 2.45) is 0 Å². The first-order valence-corrected chi connectivity index (χ1v) is 14.5. The molecule has 23 heteroatoms. The minimum Gasteiger partial charge on any atom is -0.369 e. The van der Waals surface area contributed by atoms with Gasteiger partial charge in [-0.05, 0) is 43.3 Å². The molecule has 0 aliphatic heterocycles. The molecule has 0 fully saturated rings. The minimum atomic E-state index is -6.11. The van der Waals surface area contributed by atoms with Crippen LogP contribution in [0.5, 0.6) is 0 Å². The molecule has 3 heterocycles. The summed E-state index contributed by atoms with van der Waals surface area (Å²) in [5.41, 5.74) is -13.9. The van der Waals surface area contributed by atoms with E-state index in [1.165, 1.54) is 12.1 Å². The fraction of sp³-hybridized carbons (Fsp3) is 0.267. The molecular weight excluding hydrogens is 748 g/mol. The van der Waals surface area contributed by atoms with Crippen molar-refractivity contribution >= 4 is 5.91 Å². The Kier molecular flexibility index (Phi) is 9.57. The van der Waals surface area contributed by atoms with Gasteiger partial charge in [-0.1, -0.05) is 34.7 Å². The van der Waals surface area contributed by atoms with Crippen molar-refractivity contribution in [3.63, 3.8) is 0 Å². The lowest BCUT2D eigenvalue weighted by Gasteiger charge is -2.32. The lowest BCUT2D eigenvalue weighted by atomic mass is 9.92. The van der Waals surface area contributed by atoms with Crippen LogP contribution in [0.4, 0.5) is 52.7 Å². The zero-order valence-electron chi connectivity index (χ0n) is 26.1. The molecule has 2 aromatic carbocycles. The number of nitrogens with zero attached hydrogens (tertiary/aromatic N) is 7. The van der Waals surface area contributed by atoms with E-state index in [9.17, 15) is 67.7 Å². The number of amides is 1. The molecule has 0 saturated carbocycles. The quantitative estimate of drug-likeness (QED) is 0.165. The smallest absolute Gasteiger partial charge is 0.369 e. The maximum Gasteiger partial charge on any atom is 0.430 e. The molecule has 0 aliphatic rings. The Bertz CT molecular complexity index is 1940. The largest absolute Gasteiger partial charge is 0.430 e. The second kappa shape index (κ2) is 13.1. The van der Waals surface area contributed by atoms with Gasteiger partial charge in [0.25, 0.3) is 17.1 Å². The SMILES string of the molecule is CCNC(=O)c1cc(-c2cn(-c3ccc(C(O)(C(F)(F)F)C(F)(F)F)cc3)nn2)nc(-c2cn(-c3ccc(C(O)(C(F)(F)F)C(F)(F)F)cc3)nn2)c1. The second-order valence-electron chi connectivity index (χ2n) is 11.1. The van der Waals surface area contributed by atoms with Crippen LogP contribution >= 0.6 is 0 Å². The maximum atomic E-state index is 13.3. The van der Waals surface area contributed by atoms with Crippen molar-refractivity contribution in [3.05, 3.63) is 89.7 Å². The summed E-state index contributed by atoms with van der Waals surface area (Å²) in [5, 5.41) is 37.2. The number of aliphatic hydroxyl groups is 2. The summed E-state index contributed by atoms with van der Waals surface area (Å²) in [6.07, 6.45) is -22.1. The average molecular weight is 769 g/mol. The van der Waals surface area contributed by atoms with Gasteiger partial charge in [-0.2, -0.15) is 52.7 Å². The number of alkyl halides is 12. The monoisotopic (exact) mass is 768 g/mol. The van der Waals surface area contributed by atoms with Crippen molar-refractivity contribution in [1.29, 1.82) is 0 Å². The maximum absolute atomic E-state index is 13.3. The van der Waals surface area contributed by atoms with E-state index in [2.05, 4.69) is 30.9 Å². The number of nitrogens with one attached hydrogen (secondary N) is 1. The number of pyridine rings is 1. The summed E-state index contributed by atoms with van der Waals surface area (Å²) < 4.78 is 161. The molecule has 1 amide bonds. The Morgan fingerprint density at radius 1 is 0.604 bits per heavy atom. The molecule has 3 aromatic heterocycles. The summed E-state index contributed by atoms with van der Waals surface area (Å²) in [7, 11) is 0. The van der Waals surface area contributed by atoms with E-state index in [1.54, 1.807) is 6.92 Å². The first-order chi connectivity index (χ1) is 24.4. The van der Waals surface area contributed by atoms with Crippen LogP contribution in [0.2, 0.25) is 0 Å². The molecule has 0 aliphatic carbocycles. The van der Waals surface area contributed by atoms with Crippen LogP contribution in [0.15, 0.2) is 73.1 Å². The van der Waals surface area contributed by atoms with Crippen LogP contribution in [0.3, 0.4) is 0 Å². The van der Waals surface area contributed by atoms with E-state index in [0.717, 1.165) is 46.0 Å². The highest BCUT2D eigenvalue weighted by Crippen LogP contribution is 2.51. The first-order valence-electron chi connectivity index (χ1n) is 14.5. The van der Waals surface area contributed by atoms with Gasteiger partial charge in [0.1, 0.15) is 11.4 Å². The lowest BCUT2D eigenvalue weighted by Crippen LogP contribution is -2.53. The van der Waals surface area contributed by atoms with E-state index < -0.39 is 52.9 Å². The number of carbonyl (C=O) groups excluding carboxylic acids is 1. The summed E-state index contributed by atoms with van der Waals surface area (Å²) in [6.45, 7) is 1.79. The predicted molar refractivity (Wildman–Crippen MR) is 155 cm³/mol. The summed E-state index contributed by atoms with van der Waals surface area (Å²) in [4.78, 5) is 17.1. The Morgan fingerprint density at radius 3 is 1.25 bits per heavy atom. The molecule has 0 bridgehead atoms. The number of aromatic nitrogens is 7. The highest BCUT2D eigenvalue weighted by molar-refractivity contribution is 5.96. The Labute approximate surface area is 287 Å². The number of halogens is 12. The highest BCUT2D eigenvalue weighted by Gasteiger charge is 2.72. The van der Waals surface area contributed by atoms with Gasteiger partial charge < -0.3 is 15.5 Å². The zero-order valence-corrected chi connectivity index (χ0v) is 26.1. The number of benzene rings is 2. The number of hydrogen-bond donors (Lipinski definition) is 3. The summed E-state index contributed by atoms with van der Waals surface area (Å²) in [5.74, 6) is -0.619. The fourth-order valence-electron chi connectivity index (χ4n) is 4.89. The van der Waals surface area contributed by atoms with Crippen LogP contribution in [0.1, 0.15) is 28.4 Å². The Balaban J connectivity index is 1.48. The molecule has 282 valence electrons. The number of carbonyl (C=O) groups is 1. The molecule has 0 saturated heterocycles. The van der Waals surface area contributed by atoms with Crippen molar-refractivity contribution in [1.82, 2.24) is 40.3 Å². The topological polar surface area (TPSA) is 144 Å². The van der Waals surface area contributed by atoms with Crippen molar-refractivity contribution in [2.45, 2.75) is 42.8 Å². The standard InChI is InChI=1S/C30H20F12N8O3/c1-2-43-24(51)15-11-20(22-13-49(47-45-22)18-7-3-16(4-8-18)25(52,27(31,32)33)28(34,35)36)44-21(12-15)23-14-50(48-46-23)19-9-5-17(6-10-19)26(53,29(37,38)39)30(40,41)42/h3-14,52-53H,2H2,1H3,(H,43,51). The fourth-order valence-corrected chi connectivity index (χ4v) is 4.89. The predicted octanol–water partition coefficient (Wildman–Crippen LogP) is 5.95. The van der Waals surface area contributed by atoms with Crippen molar-refractivity contribution < 1.29 is 67.7 Å². The van der Waals surface area contributed by atoms with Gasteiger partial charge in [0.2, 0.25) is 0 Å². The molecule has 0 unspecified atom stereocenters. The lowest BCUT2D eigenvalue weighted by molar-refractivity contribution is -0.376. The van der Waals surface area contributed by atoms with E-state index in [4.69, 9.17) is 0 Å². The normalized spacial score (nSPS) is 13.3. The van der Waals surface area contributed by atoms with Gasteiger partial charge >= 0.3 is 24.7 Å². The second-order valence-corrected chi connectivity index (χ2v) is 11.1. The molecular formula is C30H20F12N8O3. The van der Waals surface area contributed by atoms with Crippen LogP contribution in [0, 0.1) is 0 Å². The summed E-state index contributed by atoms with van der Waals surface area (Å²) in [6, 6.07) is 7.31. The van der Waals surface area contributed by atoms with Gasteiger partial charge in [-0.3, -0.25) is 4.79 Å². The summed E-state index contributed by atoms with van der Waals surface area (Å²) >= 11 is 0. The molecule has 53 heavy (non-hydrogen) atoms. The zero-order chi connectivity index (χ0) is 39.4. The average Bonchev–Trinajstić information content (AvgIpc) is 3.77. The number of hydrogen-bond acceptors (Lipinski definition) is 8. The molecule has 5 rings (SSSR count). The van der Waals surface area contributed by atoms with Gasteiger partial charge in [0.05, 0.1) is 35.2 Å². The third-order valence-corrected chi connectivity index (χ3v) is 7.68. The van der Waals surface area contributed by atoms with Crippen LogP contribution in [0.25, 0.3) is 34.2 Å². The Hall–Kier alpha value is -5.58. The van der Waals surface area contributed by atoms with E-state index >= 15 is 0 Å². The van der Waals surface area contributed by atoms with Gasteiger partial charge in [-0.25, -0.2) is 14.3 Å². The van der Waals surface area contributed by atoms with E-state index in [-0.39, 0.29) is 46.3 Å². The molecule has 0 atom stereocenters. The number of rotatable bonds is 8. The van der Waals surface area contributed by atoms with E-state index in [1.807, 2.05) is 0 Å². The van der Waals surface area contributed by atoms with Crippen LogP contribution < -0.4 is 5.32 Å². The van der Waals surface area contributed by atoms with Crippen molar-refractivity contribution in [3.8, 4) is 34.2 Å². The molecule has 11 nitrogen and oxygen atoms in total. The van der Waals surface area contributed by atoms with Gasteiger partial charge in [0, 0.05) is 23.2 Å². The molecule has 5 aromatic rings. The Morgan fingerprint density at radius 2 is 0.943 bits per heavy atom. The first kappa shape index (κ1) is 38.6.